The van der Waals surface area contributed by atoms with Gasteiger partial charge < -0.3 is 24.8 Å². The zero-order valence-corrected chi connectivity index (χ0v) is 24.2. The molecule has 4 rings (SSSR count). The predicted octanol–water partition coefficient (Wildman–Crippen LogP) is 6.88. The number of cyclic esters (lactones) is 1. The molecule has 2 aliphatic heterocycles. The van der Waals surface area contributed by atoms with Gasteiger partial charge in [0, 0.05) is 31.1 Å². The minimum Gasteiger partial charge on any atom is -0.495 e. The molecule has 3 aliphatic rings. The van der Waals surface area contributed by atoms with Crippen LogP contribution < -0.4 is 15.4 Å². The molecule has 208 valence electrons. The van der Waals surface area contributed by atoms with Crippen LogP contribution in [0.3, 0.4) is 0 Å². The molecule has 1 saturated carbocycles. The van der Waals surface area contributed by atoms with Crippen molar-refractivity contribution in [3.05, 3.63) is 63.9 Å². The zero-order chi connectivity index (χ0) is 27.3. The summed E-state index contributed by atoms with van der Waals surface area (Å²) in [6.45, 7) is 6.46. The number of epoxide rings is 1. The number of hydrogen-bond acceptors (Lipinski definition) is 5. The Morgan fingerprint density at radius 3 is 2.84 bits per heavy atom. The van der Waals surface area contributed by atoms with E-state index >= 15 is 0 Å². The smallest absolute Gasteiger partial charge is 0.407 e. The highest BCUT2D eigenvalue weighted by atomic mass is 35.5. The van der Waals surface area contributed by atoms with Crippen molar-refractivity contribution in [2.75, 3.05) is 14.2 Å². The Balaban J connectivity index is 1.25. The van der Waals surface area contributed by atoms with Crippen LogP contribution in [0.25, 0.3) is 0 Å². The fourth-order valence-corrected chi connectivity index (χ4v) is 5.89. The van der Waals surface area contributed by atoms with Crippen LogP contribution in [-0.2, 0) is 15.9 Å². The van der Waals surface area contributed by atoms with Gasteiger partial charge in [0.15, 0.2) is 0 Å². The van der Waals surface area contributed by atoms with Gasteiger partial charge in [0.2, 0.25) is 0 Å². The van der Waals surface area contributed by atoms with Crippen LogP contribution in [0.5, 0.6) is 5.75 Å². The molecule has 2 heterocycles. The third-order valence-corrected chi connectivity index (χ3v) is 8.61. The summed E-state index contributed by atoms with van der Waals surface area (Å²) in [5.74, 6) is 0.850. The van der Waals surface area contributed by atoms with Gasteiger partial charge in [0.05, 0.1) is 23.8 Å². The van der Waals surface area contributed by atoms with E-state index in [4.69, 9.17) is 25.8 Å². The van der Waals surface area contributed by atoms with Crippen LogP contribution in [0.1, 0.15) is 71.3 Å². The Morgan fingerprint density at radius 1 is 1.37 bits per heavy atom. The molecule has 2 N–H and O–H groups in total. The van der Waals surface area contributed by atoms with E-state index < -0.39 is 0 Å². The highest BCUT2D eigenvalue weighted by Gasteiger charge is 2.57. The number of amides is 1. The second-order valence-electron chi connectivity index (χ2n) is 11.2. The van der Waals surface area contributed by atoms with E-state index in [1.807, 2.05) is 25.2 Å². The number of allylic oxidation sites excluding steroid dienone is 5. The molecule has 3 unspecified atom stereocenters. The number of carbonyl (C=O) groups excluding carboxylic acids is 1. The lowest BCUT2D eigenvalue weighted by atomic mass is 9.84. The van der Waals surface area contributed by atoms with E-state index in [1.54, 1.807) is 12.7 Å². The standard InChI is InChI=1S/C31H43ClN2O4/c1-20(17-22-13-14-25(32)28(18-22)36-5)9-6-7-12-24-19-27(37-30(35)34-24)21(2)29-31(3,38-29)16-15-26(33-4)23-10-8-11-23/h6-7,9,13-14,18,21,24,27,29,33H,8,10-12,15-17,19H2,1-5H3,(H,34,35)/b7-6+,20-9+/t21-,24?,27?,29?,31+/m1/s1. The van der Waals surface area contributed by atoms with Gasteiger partial charge in [-0.15, -0.1) is 0 Å². The monoisotopic (exact) mass is 542 g/mol. The summed E-state index contributed by atoms with van der Waals surface area (Å²) in [5.41, 5.74) is 5.19. The number of alkyl carbamates (subject to hydrolysis) is 1. The first-order valence-electron chi connectivity index (χ1n) is 13.9. The van der Waals surface area contributed by atoms with Crippen LogP contribution in [-0.4, -0.2) is 44.1 Å². The lowest BCUT2D eigenvalue weighted by Crippen LogP contribution is -2.48. The largest absolute Gasteiger partial charge is 0.495 e. The molecule has 3 fully saturated rings. The molecule has 1 aromatic rings. The Morgan fingerprint density at radius 2 is 2.16 bits per heavy atom. The van der Waals surface area contributed by atoms with Gasteiger partial charge in [-0.3, -0.25) is 0 Å². The lowest BCUT2D eigenvalue weighted by Gasteiger charge is -2.33. The summed E-state index contributed by atoms with van der Waals surface area (Å²) >= 11 is 6.13. The maximum Gasteiger partial charge on any atom is 0.407 e. The Hall–Kier alpha value is -2.44. The lowest BCUT2D eigenvalue weighted by molar-refractivity contribution is 0.0221. The van der Waals surface area contributed by atoms with Gasteiger partial charge in [-0.2, -0.15) is 0 Å². The van der Waals surface area contributed by atoms with Crippen molar-refractivity contribution in [2.24, 2.45) is 5.92 Å². The SMILES string of the molecule is CNC(CC[C@]1(C)OC1[C@H](C)C1CC(C/C=C/C=C(\C)Cc2ccc(Cl)c(OC)c2)NC(=O)O1)=C1CCC1. The van der Waals surface area contributed by atoms with Crippen molar-refractivity contribution in [2.45, 2.75) is 96.0 Å². The van der Waals surface area contributed by atoms with Gasteiger partial charge in [-0.05, 0) is 76.5 Å². The number of benzene rings is 1. The number of halogens is 1. The first-order chi connectivity index (χ1) is 18.2. The fourth-order valence-electron chi connectivity index (χ4n) is 5.70. The quantitative estimate of drug-likeness (QED) is 0.222. The molecule has 0 spiro atoms. The van der Waals surface area contributed by atoms with Crippen molar-refractivity contribution in [3.8, 4) is 5.75 Å². The van der Waals surface area contributed by atoms with E-state index in [9.17, 15) is 4.79 Å². The first-order valence-corrected chi connectivity index (χ1v) is 14.3. The van der Waals surface area contributed by atoms with Gasteiger partial charge in [0.1, 0.15) is 11.9 Å². The molecule has 7 heteroatoms. The van der Waals surface area contributed by atoms with Crippen molar-refractivity contribution < 1.29 is 19.0 Å². The molecule has 0 radical (unpaired) electrons. The Bertz CT molecular complexity index is 1090. The highest BCUT2D eigenvalue weighted by Crippen LogP contribution is 2.47. The molecule has 0 bridgehead atoms. The Kier molecular flexibility index (Phi) is 9.48. The molecule has 2 saturated heterocycles. The molecule has 1 aromatic carbocycles. The van der Waals surface area contributed by atoms with Gasteiger partial charge >= 0.3 is 6.09 Å². The maximum atomic E-state index is 12.3. The minimum atomic E-state index is -0.329. The van der Waals surface area contributed by atoms with E-state index in [2.05, 4.69) is 49.6 Å². The normalized spacial score (nSPS) is 27.8. The maximum absolute atomic E-state index is 12.3. The summed E-state index contributed by atoms with van der Waals surface area (Å²) in [5, 5.41) is 7.00. The molecule has 0 aromatic heterocycles. The van der Waals surface area contributed by atoms with Crippen LogP contribution in [0, 0.1) is 5.92 Å². The molecule has 1 aliphatic carbocycles. The summed E-state index contributed by atoms with van der Waals surface area (Å²) in [6.07, 6.45) is 14.1. The highest BCUT2D eigenvalue weighted by molar-refractivity contribution is 6.32. The fraction of sp³-hybridized carbons (Fsp3) is 0.581. The second kappa shape index (κ2) is 12.6. The molecular formula is C31H43ClN2O4. The number of nitrogens with one attached hydrogen (secondary N) is 2. The van der Waals surface area contributed by atoms with Gasteiger partial charge in [-0.25, -0.2) is 4.79 Å². The number of methoxy groups -OCH3 is 1. The molecule has 1 amide bonds. The minimum absolute atomic E-state index is 0.0541. The van der Waals surface area contributed by atoms with Crippen molar-refractivity contribution >= 4 is 17.7 Å². The van der Waals surface area contributed by atoms with Crippen molar-refractivity contribution in [3.63, 3.8) is 0 Å². The summed E-state index contributed by atoms with van der Waals surface area (Å²) in [4.78, 5) is 12.3. The molecule has 6 nitrogen and oxygen atoms in total. The molecule has 5 atom stereocenters. The van der Waals surface area contributed by atoms with Gasteiger partial charge in [-0.1, -0.05) is 54.0 Å². The van der Waals surface area contributed by atoms with Gasteiger partial charge in [0.25, 0.3) is 0 Å². The van der Waals surface area contributed by atoms with Crippen molar-refractivity contribution in [1.29, 1.82) is 0 Å². The third kappa shape index (κ3) is 7.15. The number of rotatable bonds is 12. The van der Waals surface area contributed by atoms with Crippen LogP contribution >= 0.6 is 11.6 Å². The summed E-state index contributed by atoms with van der Waals surface area (Å²) in [7, 11) is 3.65. The van der Waals surface area contributed by atoms with E-state index in [0.29, 0.717) is 10.8 Å². The van der Waals surface area contributed by atoms with E-state index in [-0.39, 0.29) is 35.9 Å². The zero-order valence-electron chi connectivity index (χ0n) is 23.4. The number of hydrogen-bond donors (Lipinski definition) is 2. The topological polar surface area (TPSA) is 72.1 Å². The molecule has 38 heavy (non-hydrogen) atoms. The average molecular weight is 543 g/mol. The van der Waals surface area contributed by atoms with E-state index in [1.165, 1.54) is 30.5 Å². The third-order valence-electron chi connectivity index (χ3n) is 8.29. The van der Waals surface area contributed by atoms with Crippen LogP contribution in [0.2, 0.25) is 5.02 Å². The number of ether oxygens (including phenoxy) is 3. The first kappa shape index (κ1) is 28.6. The summed E-state index contributed by atoms with van der Waals surface area (Å²) < 4.78 is 17.2. The molecular weight excluding hydrogens is 500 g/mol. The van der Waals surface area contributed by atoms with E-state index in [0.717, 1.165) is 37.7 Å². The Labute approximate surface area is 232 Å². The second-order valence-corrected chi connectivity index (χ2v) is 11.6. The van der Waals surface area contributed by atoms with Crippen LogP contribution in [0.4, 0.5) is 4.79 Å². The van der Waals surface area contributed by atoms with Crippen molar-refractivity contribution in [1.82, 2.24) is 10.6 Å². The predicted molar refractivity (Wildman–Crippen MR) is 153 cm³/mol. The van der Waals surface area contributed by atoms with Crippen LogP contribution in [0.15, 0.2) is 53.3 Å². The summed E-state index contributed by atoms with van der Waals surface area (Å²) in [6, 6.07) is 5.91. The number of carbonyl (C=O) groups is 1. The average Bonchev–Trinajstić information content (AvgIpc) is 3.54.